The van der Waals surface area contributed by atoms with Crippen LogP contribution in [0.5, 0.6) is 5.75 Å². The van der Waals surface area contributed by atoms with Crippen LogP contribution in [0.2, 0.25) is 0 Å². The number of benzene rings is 1. The molecule has 3 N–H and O–H groups in total. The number of likely N-dealkylation sites (N-methyl/N-ethyl adjacent to an activating group) is 1. The van der Waals surface area contributed by atoms with Gasteiger partial charge in [0.15, 0.2) is 11.6 Å². The normalized spacial score (nSPS) is 13.7. The van der Waals surface area contributed by atoms with Gasteiger partial charge < -0.3 is 77.7 Å². The maximum atomic E-state index is 13.7. The number of nitrogens with two attached hydrogens (primary N) is 1. The Balaban J connectivity index is 0.760. The zero-order chi connectivity index (χ0) is 62.6. The summed E-state index contributed by atoms with van der Waals surface area (Å²) in [6.45, 7) is 8.68. The van der Waals surface area contributed by atoms with Crippen LogP contribution >= 0.6 is 0 Å². The molecule has 2 aliphatic heterocycles. The molecule has 0 radical (unpaired) electrons. The van der Waals surface area contributed by atoms with Crippen molar-refractivity contribution in [1.29, 1.82) is 0 Å². The Morgan fingerprint density at radius 3 is 1.60 bits per heavy atom. The smallest absolute Gasteiger partial charge is 0.407 e. The molecule has 31 heteroatoms. The van der Waals surface area contributed by atoms with Crippen LogP contribution in [0.3, 0.4) is 0 Å². The Hall–Kier alpha value is -6.91. The zero-order valence-electron chi connectivity index (χ0n) is 49.1. The molecule has 27 nitrogen and oxygen atoms in total. The molecule has 0 saturated carbocycles. The number of alkyl carbamates (subject to hydrolysis) is 1. The molecule has 2 aliphatic rings. The molecule has 5 rings (SSSR count). The van der Waals surface area contributed by atoms with Gasteiger partial charge >= 0.3 is 12.1 Å². The van der Waals surface area contributed by atoms with E-state index in [0.29, 0.717) is 140 Å². The average Bonchev–Trinajstić information content (AvgIpc) is 2.03. The van der Waals surface area contributed by atoms with E-state index in [4.69, 9.17) is 62.7 Å². The third-order valence-corrected chi connectivity index (χ3v) is 12.1. The van der Waals surface area contributed by atoms with Gasteiger partial charge in [0.1, 0.15) is 18.5 Å². The number of amidine groups is 1. The van der Waals surface area contributed by atoms with Gasteiger partial charge in [-0.1, -0.05) is 6.92 Å². The number of hydroxylamine groups is 2. The van der Waals surface area contributed by atoms with Crippen molar-refractivity contribution >= 4 is 47.4 Å². The molecule has 2 aromatic heterocycles. The van der Waals surface area contributed by atoms with Gasteiger partial charge in [-0.15, -0.1) is 0 Å². The quantitative estimate of drug-likeness (QED) is 0.0205. The summed E-state index contributed by atoms with van der Waals surface area (Å²) in [7, 11) is 3.29. The van der Waals surface area contributed by atoms with Gasteiger partial charge in [-0.2, -0.15) is 8.78 Å². The summed E-state index contributed by atoms with van der Waals surface area (Å²) in [6, 6.07) is 1.21. The first-order valence-electron chi connectivity index (χ1n) is 28.2. The van der Waals surface area contributed by atoms with Gasteiger partial charge in [0.05, 0.1) is 157 Å². The van der Waals surface area contributed by atoms with Crippen LogP contribution < -0.4 is 15.8 Å². The number of nitrogens with one attached hydrogen (secondary N) is 1. The lowest BCUT2D eigenvalue weighted by Crippen LogP contribution is -2.58. The highest BCUT2D eigenvalue weighted by molar-refractivity contribution is 6.05. The fourth-order valence-corrected chi connectivity index (χ4v) is 7.65. The molecule has 4 heterocycles. The maximum Gasteiger partial charge on any atom is 0.407 e. The highest BCUT2D eigenvalue weighted by atomic mass is 19.2. The molecule has 0 aliphatic carbocycles. The van der Waals surface area contributed by atoms with Gasteiger partial charge in [-0.05, 0) is 25.0 Å². The number of likely N-dealkylation sites (tertiary alicyclic amines) is 1. The van der Waals surface area contributed by atoms with Crippen LogP contribution in [0.25, 0.3) is 17.2 Å². The molecule has 0 bridgehead atoms. The number of esters is 1. The van der Waals surface area contributed by atoms with E-state index in [0.717, 1.165) is 0 Å². The summed E-state index contributed by atoms with van der Waals surface area (Å²) in [4.78, 5) is 89.4. The number of amides is 4. The number of carbonyl (C=O) groups excluding carboxylic acids is 5. The maximum absolute atomic E-state index is 13.7. The van der Waals surface area contributed by atoms with E-state index in [1.54, 1.807) is 32.4 Å². The van der Waals surface area contributed by atoms with Gasteiger partial charge in [0.2, 0.25) is 29.1 Å². The predicted molar refractivity (Wildman–Crippen MR) is 299 cm³/mol. The van der Waals surface area contributed by atoms with Crippen molar-refractivity contribution in [3.05, 3.63) is 71.1 Å². The van der Waals surface area contributed by atoms with E-state index in [1.807, 2.05) is 6.92 Å². The predicted octanol–water partition coefficient (Wildman–Crippen LogP) is 3.23. The molecular weight excluding hydrogens is 1160 g/mol. The number of aliphatic imine (C=N–C) groups is 1. The fourth-order valence-electron chi connectivity index (χ4n) is 7.65. The third kappa shape index (κ3) is 25.8. The first-order chi connectivity index (χ1) is 42.2. The van der Waals surface area contributed by atoms with Crippen LogP contribution in [0.15, 0.2) is 41.3 Å². The lowest BCUT2D eigenvalue weighted by Gasteiger charge is -2.40. The fraction of sp³-hybridized carbons (Fsp3) is 0.589. The van der Waals surface area contributed by atoms with E-state index < -0.39 is 65.4 Å². The lowest BCUT2D eigenvalue weighted by molar-refractivity contribution is -0.181. The summed E-state index contributed by atoms with van der Waals surface area (Å²) in [5.41, 5.74) is 8.56. The largest absolute Gasteiger partial charge is 0.447 e. The van der Waals surface area contributed by atoms with Gasteiger partial charge in [0, 0.05) is 81.5 Å². The minimum Gasteiger partial charge on any atom is -0.447 e. The van der Waals surface area contributed by atoms with Gasteiger partial charge in [-0.3, -0.25) is 29.0 Å². The zero-order valence-corrected chi connectivity index (χ0v) is 49.1. The first-order valence-corrected chi connectivity index (χ1v) is 28.2. The number of halogens is 4. The van der Waals surface area contributed by atoms with Crippen LogP contribution in [-0.4, -0.2) is 251 Å². The molecular formula is C56H77F4N9O18. The second-order valence-corrected chi connectivity index (χ2v) is 18.9. The molecule has 0 unspecified atom stereocenters. The third-order valence-electron chi connectivity index (χ3n) is 12.1. The van der Waals surface area contributed by atoms with Crippen molar-refractivity contribution in [3.8, 4) is 16.9 Å². The second kappa shape index (κ2) is 40.5. The van der Waals surface area contributed by atoms with Crippen LogP contribution in [0, 0.1) is 23.3 Å². The summed E-state index contributed by atoms with van der Waals surface area (Å²) < 4.78 is 117. The highest BCUT2D eigenvalue weighted by Gasteiger charge is 2.39. The monoisotopic (exact) mass is 1240 g/mol. The SMILES string of the molecule is CCCN(OCCNC(=O)OCCOCCOCCOCCOCCOCCOCCOCCOCCOCCOCCC(=O)Oc1c(F)c(F)cc(F)c1F)C(=O)C1=Cc2ncc(-c3cnc(C(=O)N4CC[C@@H]4C(=O)N(C)C)nc3)cc2N=C(N)C1. The van der Waals surface area contributed by atoms with Crippen LogP contribution in [-0.2, 0) is 71.3 Å². The van der Waals surface area contributed by atoms with Crippen molar-refractivity contribution in [2.75, 3.05) is 179 Å². The van der Waals surface area contributed by atoms with E-state index in [2.05, 4.69) is 30.0 Å². The number of aromatic nitrogens is 3. The number of pyridine rings is 1. The minimum atomic E-state index is -1.81. The number of hydrogen-bond acceptors (Lipinski definition) is 23. The van der Waals surface area contributed by atoms with Crippen LogP contribution in [0.1, 0.15) is 48.9 Å². The summed E-state index contributed by atoms with van der Waals surface area (Å²) >= 11 is 0. The molecule has 1 fully saturated rings. The van der Waals surface area contributed by atoms with Crippen molar-refractivity contribution < 1.29 is 103 Å². The Morgan fingerprint density at radius 1 is 0.644 bits per heavy atom. The molecule has 87 heavy (non-hydrogen) atoms. The van der Waals surface area contributed by atoms with E-state index >= 15 is 0 Å². The second-order valence-electron chi connectivity index (χ2n) is 18.9. The number of nitrogens with zero attached hydrogens (tertiary/aromatic N) is 7. The molecule has 1 aromatic carbocycles. The molecule has 1 atom stereocenters. The topological polar surface area (TPSA) is 304 Å². The first kappa shape index (κ1) is 70.8. The standard InChI is InChI=1S/C56H77F4N9O18/c1-4-8-69(53(71)39-32-44-45(66-47(61)34-39)33-40(36-63-44)41-37-64-52(65-38-41)55(73)68-9-5-46(68)54(72)67(2)3)86-11-7-62-56(74)85-31-30-84-29-28-83-27-26-82-25-24-81-23-22-80-21-20-79-19-18-78-17-16-77-15-14-76-13-12-75-10-6-48(70)87-51-49(59)42(57)35-43(58)50(51)60/h32-33,35-38,46H,4-31,34H2,1-3H3,(H2,61,66)(H,62,74)/t46-/m1/s1. The molecule has 0 spiro atoms. The molecule has 3 aromatic rings. The Morgan fingerprint density at radius 2 is 1.13 bits per heavy atom. The molecule has 482 valence electrons. The van der Waals surface area contributed by atoms with E-state index in [-0.39, 0.29) is 96.0 Å². The average molecular weight is 1240 g/mol. The Bertz CT molecular complexity index is 2660. The van der Waals surface area contributed by atoms with Crippen molar-refractivity contribution in [1.82, 2.24) is 35.1 Å². The number of ether oxygens (including phenoxy) is 12. The van der Waals surface area contributed by atoms with Gasteiger partial charge in [0.25, 0.3) is 11.8 Å². The summed E-state index contributed by atoms with van der Waals surface area (Å²) in [5.74, 6) is -10.4. The molecule has 4 amide bonds. The van der Waals surface area contributed by atoms with Crippen LogP contribution in [0.4, 0.5) is 28.0 Å². The highest BCUT2D eigenvalue weighted by Crippen LogP contribution is 2.31. The van der Waals surface area contributed by atoms with Gasteiger partial charge in [-0.25, -0.2) is 33.6 Å². The van der Waals surface area contributed by atoms with E-state index in [1.165, 1.54) is 27.3 Å². The number of rotatable bonds is 44. The number of hydrogen-bond donors (Lipinski definition) is 2. The van der Waals surface area contributed by atoms with Crippen molar-refractivity contribution in [3.63, 3.8) is 0 Å². The van der Waals surface area contributed by atoms with E-state index in [9.17, 15) is 41.5 Å². The lowest BCUT2D eigenvalue weighted by atomic mass is 10.0. The number of carbonyl (C=O) groups is 5. The summed E-state index contributed by atoms with van der Waals surface area (Å²) in [6.07, 6.45) is 6.28. The Labute approximate surface area is 500 Å². The summed E-state index contributed by atoms with van der Waals surface area (Å²) in [5, 5.41) is 3.79. The minimum absolute atomic E-state index is 0.00757. The van der Waals surface area contributed by atoms with Crippen molar-refractivity contribution in [2.45, 2.75) is 38.6 Å². The Kier molecular flexibility index (Phi) is 33.0. The number of fused-ring (bicyclic) bond motifs is 1. The van der Waals surface area contributed by atoms with Crippen molar-refractivity contribution in [2.24, 2.45) is 10.7 Å². The molecule has 1 saturated heterocycles.